The Hall–Kier alpha value is -1.96. The zero-order chi connectivity index (χ0) is 23.1. The largest absolute Gasteiger partial charge is 0.462 e. The van der Waals surface area contributed by atoms with E-state index in [0.29, 0.717) is 18.8 Å². The number of hydrogen-bond acceptors (Lipinski definition) is 6. The predicted molar refractivity (Wildman–Crippen MR) is 118 cm³/mol. The van der Waals surface area contributed by atoms with Gasteiger partial charge in [-0.15, -0.1) is 0 Å². The van der Waals surface area contributed by atoms with Crippen molar-refractivity contribution in [3.05, 3.63) is 35.4 Å². The molecule has 1 aliphatic rings. The van der Waals surface area contributed by atoms with E-state index in [1.807, 2.05) is 31.2 Å². The first-order valence-electron chi connectivity index (χ1n) is 11.2. The first-order chi connectivity index (χ1) is 14.6. The Morgan fingerprint density at radius 2 is 1.77 bits per heavy atom. The molecule has 0 aromatic heterocycles. The molecule has 0 aliphatic carbocycles. The van der Waals surface area contributed by atoms with E-state index in [4.69, 9.17) is 9.47 Å². The molecule has 0 saturated carbocycles. The summed E-state index contributed by atoms with van der Waals surface area (Å²) >= 11 is 0. The number of aliphatic hydroxyl groups is 2. The van der Waals surface area contributed by atoms with Crippen LogP contribution in [0.3, 0.4) is 0 Å². The molecule has 1 fully saturated rings. The zero-order valence-electron chi connectivity index (χ0n) is 19.2. The second kappa shape index (κ2) is 11.6. The second-order valence-corrected chi connectivity index (χ2v) is 8.90. The van der Waals surface area contributed by atoms with Gasteiger partial charge in [0.05, 0.1) is 18.1 Å². The molecule has 2 unspecified atom stereocenters. The molecule has 0 radical (unpaired) electrons. The fourth-order valence-electron chi connectivity index (χ4n) is 3.82. The van der Waals surface area contributed by atoms with Gasteiger partial charge in [-0.25, -0.2) is 0 Å². The van der Waals surface area contributed by atoms with Gasteiger partial charge in [-0.3, -0.25) is 9.59 Å². The highest BCUT2D eigenvalue weighted by Crippen LogP contribution is 2.23. The minimum absolute atomic E-state index is 0.174. The minimum Gasteiger partial charge on any atom is -0.462 e. The average Bonchev–Trinajstić information content (AvgIpc) is 2.72. The van der Waals surface area contributed by atoms with Crippen LogP contribution in [-0.2, 0) is 25.5 Å². The maximum absolute atomic E-state index is 12.5. The Bertz CT molecular complexity index is 719. The number of hydrogen-bond donors (Lipinski definition) is 3. The van der Waals surface area contributed by atoms with E-state index in [-0.39, 0.29) is 12.5 Å². The molecule has 3 N–H and O–H groups in total. The molecule has 174 valence electrons. The molecule has 0 spiro atoms. The lowest BCUT2D eigenvalue weighted by Crippen LogP contribution is -2.63. The Morgan fingerprint density at radius 3 is 2.35 bits per heavy atom. The SMILES string of the molecule is CCCC(=O)N[C@H]1C(C)O[C@H](COC(=O)C(C)c2ccc(CC(C)C)cc2)[C@@H](O)[C@@H]1O. The maximum Gasteiger partial charge on any atom is 0.313 e. The van der Waals surface area contributed by atoms with Crippen molar-refractivity contribution in [2.24, 2.45) is 5.92 Å². The van der Waals surface area contributed by atoms with Crippen LogP contribution in [-0.4, -0.2) is 59.2 Å². The van der Waals surface area contributed by atoms with Crippen LogP contribution in [0.4, 0.5) is 0 Å². The minimum atomic E-state index is -1.28. The third-order valence-corrected chi connectivity index (χ3v) is 5.67. The predicted octanol–water partition coefficient (Wildman–Crippen LogP) is 2.33. The van der Waals surface area contributed by atoms with E-state index < -0.39 is 42.3 Å². The van der Waals surface area contributed by atoms with Gasteiger partial charge in [0.2, 0.25) is 5.91 Å². The van der Waals surface area contributed by atoms with Crippen molar-refractivity contribution in [3.63, 3.8) is 0 Å². The van der Waals surface area contributed by atoms with Gasteiger partial charge in [-0.2, -0.15) is 0 Å². The van der Waals surface area contributed by atoms with E-state index >= 15 is 0 Å². The van der Waals surface area contributed by atoms with E-state index in [9.17, 15) is 19.8 Å². The van der Waals surface area contributed by atoms with E-state index in [0.717, 1.165) is 12.0 Å². The molecule has 1 amide bonds. The zero-order valence-corrected chi connectivity index (χ0v) is 19.2. The summed E-state index contributed by atoms with van der Waals surface area (Å²) in [4.78, 5) is 24.4. The van der Waals surface area contributed by atoms with Gasteiger partial charge in [0.25, 0.3) is 0 Å². The van der Waals surface area contributed by atoms with Gasteiger partial charge in [0, 0.05) is 6.42 Å². The number of carbonyl (C=O) groups is 2. The molecule has 1 aromatic rings. The molecule has 1 heterocycles. The van der Waals surface area contributed by atoms with Gasteiger partial charge in [-0.05, 0) is 43.7 Å². The van der Waals surface area contributed by atoms with Crippen LogP contribution in [0, 0.1) is 5.92 Å². The van der Waals surface area contributed by atoms with E-state index in [1.165, 1.54) is 5.56 Å². The summed E-state index contributed by atoms with van der Waals surface area (Å²) in [6, 6.07) is 7.20. The molecule has 2 rings (SSSR count). The van der Waals surface area contributed by atoms with Crippen LogP contribution < -0.4 is 5.32 Å². The lowest BCUT2D eigenvalue weighted by atomic mass is 9.93. The van der Waals surface area contributed by atoms with Crippen molar-refractivity contribution in [2.75, 3.05) is 6.61 Å². The first-order valence-corrected chi connectivity index (χ1v) is 11.2. The van der Waals surface area contributed by atoms with Crippen molar-refractivity contribution in [1.29, 1.82) is 0 Å². The van der Waals surface area contributed by atoms with Crippen LogP contribution in [0.1, 0.15) is 64.5 Å². The molecule has 6 atom stereocenters. The number of esters is 1. The van der Waals surface area contributed by atoms with Gasteiger partial charge >= 0.3 is 5.97 Å². The topological polar surface area (TPSA) is 105 Å². The summed E-state index contributed by atoms with van der Waals surface area (Å²) in [5, 5.41) is 23.6. The number of rotatable bonds is 9. The fraction of sp³-hybridized carbons (Fsp3) is 0.667. The highest BCUT2D eigenvalue weighted by Gasteiger charge is 2.43. The van der Waals surface area contributed by atoms with Crippen molar-refractivity contribution in [3.8, 4) is 0 Å². The van der Waals surface area contributed by atoms with Crippen LogP contribution >= 0.6 is 0 Å². The first kappa shape index (κ1) is 25.3. The third-order valence-electron chi connectivity index (χ3n) is 5.67. The molecule has 31 heavy (non-hydrogen) atoms. The standard InChI is InChI=1S/C24H37NO6/c1-6-7-20(26)25-21-16(5)31-19(22(27)23(21)28)13-30-24(29)15(4)18-10-8-17(9-11-18)12-14(2)3/h8-11,14-16,19,21-23,27-28H,6-7,12-13H2,1-5H3,(H,25,26)/t15?,16?,19-,21+,22-,23-/m1/s1. The summed E-state index contributed by atoms with van der Waals surface area (Å²) in [7, 11) is 0. The quantitative estimate of drug-likeness (QED) is 0.514. The van der Waals surface area contributed by atoms with Crippen molar-refractivity contribution >= 4 is 11.9 Å². The molecule has 0 bridgehead atoms. The van der Waals surface area contributed by atoms with Crippen LogP contribution in [0.2, 0.25) is 0 Å². The van der Waals surface area contributed by atoms with Crippen LogP contribution in [0.25, 0.3) is 0 Å². The van der Waals surface area contributed by atoms with Crippen molar-refractivity contribution in [2.45, 2.75) is 90.3 Å². The number of amides is 1. The summed E-state index contributed by atoms with van der Waals surface area (Å²) in [5.41, 5.74) is 2.08. The van der Waals surface area contributed by atoms with Gasteiger partial charge < -0.3 is 25.0 Å². The molecule has 7 nitrogen and oxygen atoms in total. The van der Waals surface area contributed by atoms with E-state index in [1.54, 1.807) is 13.8 Å². The van der Waals surface area contributed by atoms with Crippen LogP contribution in [0.5, 0.6) is 0 Å². The highest BCUT2D eigenvalue weighted by atomic mass is 16.6. The van der Waals surface area contributed by atoms with Gasteiger partial charge in [0.15, 0.2) is 0 Å². The summed E-state index contributed by atoms with van der Waals surface area (Å²) < 4.78 is 11.1. The number of aliphatic hydroxyl groups excluding tert-OH is 2. The summed E-state index contributed by atoms with van der Waals surface area (Å²) in [5.74, 6) is -0.523. The Kier molecular flexibility index (Phi) is 9.47. The molecule has 1 aromatic carbocycles. The Morgan fingerprint density at radius 1 is 1.13 bits per heavy atom. The second-order valence-electron chi connectivity index (χ2n) is 8.90. The molecule has 1 aliphatic heterocycles. The van der Waals surface area contributed by atoms with Gasteiger partial charge in [0.1, 0.15) is 24.9 Å². The Balaban J connectivity index is 1.90. The number of nitrogens with one attached hydrogen (secondary N) is 1. The number of benzene rings is 1. The van der Waals surface area contributed by atoms with E-state index in [2.05, 4.69) is 19.2 Å². The van der Waals surface area contributed by atoms with Crippen LogP contribution in [0.15, 0.2) is 24.3 Å². The summed E-state index contributed by atoms with van der Waals surface area (Å²) in [6.45, 7) is 9.52. The highest BCUT2D eigenvalue weighted by molar-refractivity contribution is 5.77. The summed E-state index contributed by atoms with van der Waals surface area (Å²) in [6.07, 6.45) is -1.88. The normalized spacial score (nSPS) is 27.0. The average molecular weight is 436 g/mol. The monoisotopic (exact) mass is 435 g/mol. The number of carbonyl (C=O) groups excluding carboxylic acids is 2. The molecular weight excluding hydrogens is 398 g/mol. The smallest absolute Gasteiger partial charge is 0.313 e. The molecular formula is C24H37NO6. The van der Waals surface area contributed by atoms with Crippen molar-refractivity contribution < 1.29 is 29.3 Å². The fourth-order valence-corrected chi connectivity index (χ4v) is 3.82. The lowest BCUT2D eigenvalue weighted by Gasteiger charge is -2.41. The maximum atomic E-state index is 12.5. The Labute approximate surface area is 185 Å². The van der Waals surface area contributed by atoms with Crippen molar-refractivity contribution in [1.82, 2.24) is 5.32 Å². The third kappa shape index (κ3) is 7.02. The molecule has 1 saturated heterocycles. The lowest BCUT2D eigenvalue weighted by molar-refractivity contribution is -0.198. The van der Waals surface area contributed by atoms with Gasteiger partial charge in [-0.1, -0.05) is 45.0 Å². The number of ether oxygens (including phenoxy) is 2. The molecule has 7 heteroatoms.